The molecule has 11 heteroatoms. The predicted molar refractivity (Wildman–Crippen MR) is 120 cm³/mol. The minimum absolute atomic E-state index is 0.0105. The van der Waals surface area contributed by atoms with Gasteiger partial charge in [-0.25, -0.2) is 0 Å². The van der Waals surface area contributed by atoms with E-state index in [4.69, 9.17) is 23.2 Å². The summed E-state index contributed by atoms with van der Waals surface area (Å²) in [5.41, 5.74) is 1.42. The number of nitrogens with one attached hydrogen (secondary N) is 1. The first-order valence-electron chi connectivity index (χ1n) is 8.97. The van der Waals surface area contributed by atoms with E-state index in [1.54, 1.807) is 12.1 Å². The summed E-state index contributed by atoms with van der Waals surface area (Å²) in [7, 11) is 0. The Morgan fingerprint density at radius 1 is 1.19 bits per heavy atom. The van der Waals surface area contributed by atoms with Gasteiger partial charge in [-0.05, 0) is 48.0 Å². The highest BCUT2D eigenvalue weighted by atomic mass is 35.5. The van der Waals surface area contributed by atoms with Crippen molar-refractivity contribution in [1.29, 1.82) is 0 Å². The number of rotatable bonds is 6. The molecule has 0 saturated carbocycles. The first-order valence-corrected chi connectivity index (χ1v) is 10.5. The van der Waals surface area contributed by atoms with Gasteiger partial charge in [0, 0.05) is 22.3 Å². The van der Waals surface area contributed by atoms with E-state index in [-0.39, 0.29) is 26.2 Å². The van der Waals surface area contributed by atoms with E-state index >= 15 is 0 Å². The molecule has 3 rings (SSSR count). The van der Waals surface area contributed by atoms with Gasteiger partial charge in [-0.1, -0.05) is 42.3 Å². The second kappa shape index (κ2) is 9.51. The van der Waals surface area contributed by atoms with E-state index in [1.165, 1.54) is 12.1 Å². The van der Waals surface area contributed by atoms with Crippen LogP contribution in [0.1, 0.15) is 18.1 Å². The number of nitro benzene ring substituents is 1. The molecule has 1 aliphatic rings. The smallest absolute Gasteiger partial charge is 0.294 e. The number of hydrogen-bond donors (Lipinski definition) is 1. The zero-order valence-corrected chi connectivity index (χ0v) is 18.4. The summed E-state index contributed by atoms with van der Waals surface area (Å²) < 4.78 is 0. The van der Waals surface area contributed by atoms with Gasteiger partial charge in [-0.2, -0.15) is 0 Å². The van der Waals surface area contributed by atoms with Crippen LogP contribution < -0.4 is 5.32 Å². The number of nitro groups is 1. The Kier molecular flexibility index (Phi) is 6.99. The van der Waals surface area contributed by atoms with Gasteiger partial charge in [0.1, 0.15) is 11.6 Å². The van der Waals surface area contributed by atoms with Gasteiger partial charge < -0.3 is 5.32 Å². The third kappa shape index (κ3) is 5.25. The molecule has 1 N–H and O–H groups in total. The van der Waals surface area contributed by atoms with Crippen molar-refractivity contribution in [3.05, 3.63) is 72.6 Å². The number of halogens is 2. The van der Waals surface area contributed by atoms with Gasteiger partial charge in [0.05, 0.1) is 9.83 Å². The predicted octanol–water partition coefficient (Wildman–Crippen LogP) is 5.14. The van der Waals surface area contributed by atoms with Crippen LogP contribution in [0, 0.1) is 10.1 Å². The maximum Gasteiger partial charge on any atom is 0.294 e. The Morgan fingerprint density at radius 3 is 2.48 bits per heavy atom. The molecule has 8 nitrogen and oxygen atoms in total. The van der Waals surface area contributed by atoms with Crippen molar-refractivity contribution in [2.45, 2.75) is 13.3 Å². The fourth-order valence-corrected chi connectivity index (χ4v) is 4.09. The third-order valence-electron chi connectivity index (χ3n) is 4.37. The summed E-state index contributed by atoms with van der Waals surface area (Å²) in [4.78, 5) is 48.4. The normalized spacial score (nSPS) is 14.9. The average Bonchev–Trinajstić information content (AvgIpc) is 2.97. The van der Waals surface area contributed by atoms with E-state index in [0.717, 1.165) is 23.0 Å². The molecular formula is C20H15Cl2N3O5S. The number of imide groups is 1. The molecule has 0 bridgehead atoms. The maximum absolute atomic E-state index is 12.6. The quantitative estimate of drug-likeness (QED) is 0.348. The Hall–Kier alpha value is -2.88. The number of nitrogens with zero attached hydrogens (tertiary/aromatic N) is 2. The SMILES string of the molecule is CCc1ccc(NC(=O)CN2C(=O)S/C(=C\c3cc([N+](=O)[O-])c(Cl)cc3Cl)C2=O)cc1. The molecule has 0 unspecified atom stereocenters. The molecule has 1 aliphatic heterocycles. The molecule has 160 valence electrons. The first-order chi connectivity index (χ1) is 14.7. The van der Waals surface area contributed by atoms with E-state index < -0.39 is 28.5 Å². The second-order valence-electron chi connectivity index (χ2n) is 6.45. The van der Waals surface area contributed by atoms with Gasteiger partial charge >= 0.3 is 0 Å². The fraction of sp³-hybridized carbons (Fsp3) is 0.150. The fourth-order valence-electron chi connectivity index (χ4n) is 2.75. The number of hydrogen-bond acceptors (Lipinski definition) is 6. The summed E-state index contributed by atoms with van der Waals surface area (Å²) in [5.74, 6) is -1.23. The van der Waals surface area contributed by atoms with Crippen molar-refractivity contribution in [2.75, 3.05) is 11.9 Å². The van der Waals surface area contributed by atoms with Gasteiger partial charge in [-0.15, -0.1) is 0 Å². The highest BCUT2D eigenvalue weighted by Gasteiger charge is 2.36. The zero-order valence-electron chi connectivity index (χ0n) is 16.1. The molecule has 1 saturated heterocycles. The number of carbonyl (C=O) groups is 3. The Bertz CT molecular complexity index is 1120. The van der Waals surface area contributed by atoms with Crippen LogP contribution in [0.3, 0.4) is 0 Å². The van der Waals surface area contributed by atoms with Crippen LogP contribution in [0.5, 0.6) is 0 Å². The van der Waals surface area contributed by atoms with Crippen LogP contribution in [0.4, 0.5) is 16.2 Å². The molecule has 2 aromatic rings. The number of anilines is 1. The van der Waals surface area contributed by atoms with Crippen molar-refractivity contribution in [3.8, 4) is 0 Å². The van der Waals surface area contributed by atoms with Gasteiger partial charge in [-0.3, -0.25) is 29.4 Å². The summed E-state index contributed by atoms with van der Waals surface area (Å²) in [5, 5.41) is 13.0. The largest absolute Gasteiger partial charge is 0.325 e. The minimum Gasteiger partial charge on any atom is -0.325 e. The lowest BCUT2D eigenvalue weighted by Gasteiger charge is -2.12. The standard InChI is InChI=1S/C20H15Cl2N3O5S/c1-2-11-3-5-13(6-4-11)23-18(26)10-24-19(27)17(31-20(24)28)8-12-7-16(25(29)30)15(22)9-14(12)21/h3-9H,2,10H2,1H3,(H,23,26)/b17-8-. The highest BCUT2D eigenvalue weighted by molar-refractivity contribution is 8.18. The van der Waals surface area contributed by atoms with Crippen LogP contribution in [0.25, 0.3) is 6.08 Å². The highest BCUT2D eigenvalue weighted by Crippen LogP contribution is 2.36. The van der Waals surface area contributed by atoms with Crippen LogP contribution in [0.2, 0.25) is 10.0 Å². The molecule has 31 heavy (non-hydrogen) atoms. The van der Waals surface area contributed by atoms with Gasteiger partial charge in [0.2, 0.25) is 5.91 Å². The molecule has 1 heterocycles. The van der Waals surface area contributed by atoms with Crippen molar-refractivity contribution in [1.82, 2.24) is 4.90 Å². The second-order valence-corrected chi connectivity index (χ2v) is 8.26. The Balaban J connectivity index is 1.75. The summed E-state index contributed by atoms with van der Waals surface area (Å²) in [6, 6.07) is 9.51. The third-order valence-corrected chi connectivity index (χ3v) is 5.91. The molecule has 0 aromatic heterocycles. The van der Waals surface area contributed by atoms with Crippen LogP contribution in [-0.2, 0) is 16.0 Å². The molecule has 1 fully saturated rings. The topological polar surface area (TPSA) is 110 Å². The lowest BCUT2D eigenvalue weighted by Crippen LogP contribution is -2.36. The monoisotopic (exact) mass is 479 g/mol. The molecule has 0 spiro atoms. The van der Waals surface area contributed by atoms with Crippen molar-refractivity contribution < 1.29 is 19.3 Å². The average molecular weight is 480 g/mol. The number of amides is 3. The lowest BCUT2D eigenvalue weighted by molar-refractivity contribution is -0.384. The van der Waals surface area contributed by atoms with Crippen LogP contribution >= 0.6 is 35.0 Å². The summed E-state index contributed by atoms with van der Waals surface area (Å²) in [6.45, 7) is 1.54. The number of carbonyl (C=O) groups excluding carboxylic acids is 3. The van der Waals surface area contributed by atoms with Crippen molar-refractivity contribution >= 4 is 69.5 Å². The lowest BCUT2D eigenvalue weighted by atomic mass is 10.1. The van der Waals surface area contributed by atoms with E-state index in [1.807, 2.05) is 19.1 Å². The van der Waals surface area contributed by atoms with Crippen molar-refractivity contribution in [2.24, 2.45) is 0 Å². The van der Waals surface area contributed by atoms with Crippen molar-refractivity contribution in [3.63, 3.8) is 0 Å². The molecule has 0 radical (unpaired) electrons. The maximum atomic E-state index is 12.6. The molecular weight excluding hydrogens is 465 g/mol. The van der Waals surface area contributed by atoms with Crippen LogP contribution in [0.15, 0.2) is 41.3 Å². The summed E-state index contributed by atoms with van der Waals surface area (Å²) >= 11 is 12.5. The number of aryl methyl sites for hydroxylation is 1. The van der Waals surface area contributed by atoms with E-state index in [9.17, 15) is 24.5 Å². The summed E-state index contributed by atoms with van der Waals surface area (Å²) in [6.07, 6.45) is 2.12. The van der Waals surface area contributed by atoms with Crippen LogP contribution in [-0.4, -0.2) is 33.4 Å². The first kappa shape index (κ1) is 22.8. The van der Waals surface area contributed by atoms with Gasteiger partial charge in [0.25, 0.3) is 16.8 Å². The zero-order chi connectivity index (χ0) is 22.7. The Morgan fingerprint density at radius 2 is 1.87 bits per heavy atom. The molecule has 2 aromatic carbocycles. The molecule has 0 atom stereocenters. The minimum atomic E-state index is -0.694. The van der Waals surface area contributed by atoms with E-state index in [2.05, 4.69) is 5.32 Å². The number of benzene rings is 2. The number of thioether (sulfide) groups is 1. The molecule has 3 amide bonds. The van der Waals surface area contributed by atoms with E-state index in [0.29, 0.717) is 17.4 Å². The Labute approximate surface area is 191 Å². The van der Waals surface area contributed by atoms with Gasteiger partial charge in [0.15, 0.2) is 0 Å². The molecule has 0 aliphatic carbocycles.